The summed E-state index contributed by atoms with van der Waals surface area (Å²) in [5, 5.41) is 0. The molecule has 0 rings (SSSR count). The fourth-order valence-corrected chi connectivity index (χ4v) is 0.372. The number of methoxy groups -OCH3 is 1. The minimum absolute atomic E-state index is 0.175. The smallest absolute Gasteiger partial charge is 0.383 e. The number of rotatable bonds is 2. The van der Waals surface area contributed by atoms with Crippen molar-refractivity contribution < 1.29 is 14.3 Å². The molecule has 3 nitrogen and oxygen atoms in total. The highest BCUT2D eigenvalue weighted by Gasteiger charge is 2.07. The van der Waals surface area contributed by atoms with Crippen molar-refractivity contribution in [2.75, 3.05) is 7.11 Å². The number of carbonyl (C=O) groups excluding carboxylic acids is 2. The standard InChI is InChI=1S/C4H5O3P/c1-7-3(5)4(6)8-2/h2H2,1H3. The van der Waals surface area contributed by atoms with Gasteiger partial charge in [0.15, 0.2) is 0 Å². The molecule has 0 unspecified atom stereocenters. The molecule has 0 amide bonds. The van der Waals surface area contributed by atoms with Crippen molar-refractivity contribution in [1.82, 2.24) is 0 Å². The number of esters is 1. The van der Waals surface area contributed by atoms with Gasteiger partial charge < -0.3 is 4.74 Å². The molecule has 0 atom stereocenters. The molecule has 0 bridgehead atoms. The first kappa shape index (κ1) is 7.31. The lowest BCUT2D eigenvalue weighted by Crippen LogP contribution is -2.08. The Morgan fingerprint density at radius 2 is 2.12 bits per heavy atom. The molecule has 0 radical (unpaired) electrons. The largest absolute Gasteiger partial charge is 0.463 e. The molecule has 0 aromatic carbocycles. The van der Waals surface area contributed by atoms with E-state index in [1.165, 1.54) is 0 Å². The third-order valence-corrected chi connectivity index (χ3v) is 0.973. The van der Waals surface area contributed by atoms with E-state index in [0.29, 0.717) is 0 Å². The van der Waals surface area contributed by atoms with Crippen molar-refractivity contribution in [1.29, 1.82) is 0 Å². The molecule has 0 aliphatic heterocycles. The second kappa shape index (κ2) is 3.33. The van der Waals surface area contributed by atoms with Crippen LogP contribution in [0.4, 0.5) is 0 Å². The van der Waals surface area contributed by atoms with Crippen LogP contribution in [0.1, 0.15) is 0 Å². The summed E-state index contributed by atoms with van der Waals surface area (Å²) in [7, 11) is 1.33. The van der Waals surface area contributed by atoms with Crippen LogP contribution in [0.3, 0.4) is 0 Å². The highest BCUT2D eigenvalue weighted by molar-refractivity contribution is 7.59. The van der Waals surface area contributed by atoms with Crippen molar-refractivity contribution in [2.24, 2.45) is 0 Å². The molecule has 0 fully saturated rings. The van der Waals surface area contributed by atoms with Gasteiger partial charge in [-0.2, -0.15) is 0 Å². The Bertz CT molecular complexity index is 129. The monoisotopic (exact) mass is 132 g/mol. The van der Waals surface area contributed by atoms with Crippen molar-refractivity contribution >= 4 is 26.0 Å². The average Bonchev–Trinajstić information content (AvgIpc) is 1.84. The van der Waals surface area contributed by atoms with Crippen molar-refractivity contribution in [2.45, 2.75) is 0 Å². The summed E-state index contributed by atoms with van der Waals surface area (Å²) < 4.78 is 4.07. The van der Waals surface area contributed by atoms with Gasteiger partial charge in [0, 0.05) is 0 Å². The number of hydrogen-bond donors (Lipinski definition) is 0. The summed E-state index contributed by atoms with van der Waals surface area (Å²) in [4.78, 5) is 20.3. The predicted molar refractivity (Wildman–Crippen MR) is 31.1 cm³/mol. The van der Waals surface area contributed by atoms with Crippen LogP contribution in [-0.2, 0) is 14.3 Å². The van der Waals surface area contributed by atoms with Crippen LogP contribution in [0.15, 0.2) is 0 Å². The van der Waals surface area contributed by atoms with Crippen molar-refractivity contribution in [3.05, 3.63) is 0 Å². The van der Waals surface area contributed by atoms with E-state index in [4.69, 9.17) is 0 Å². The number of carbonyl (C=O) groups is 2. The van der Waals surface area contributed by atoms with E-state index in [0.717, 1.165) is 7.11 Å². The van der Waals surface area contributed by atoms with Crippen LogP contribution in [0.2, 0.25) is 0 Å². The number of hydrogen-bond acceptors (Lipinski definition) is 3. The summed E-state index contributed by atoms with van der Waals surface area (Å²) >= 11 is 0. The minimum atomic E-state index is -0.832. The van der Waals surface area contributed by atoms with E-state index >= 15 is 0 Å². The van der Waals surface area contributed by atoms with Crippen LogP contribution in [0.5, 0.6) is 0 Å². The van der Waals surface area contributed by atoms with E-state index < -0.39 is 11.5 Å². The lowest BCUT2D eigenvalue weighted by Gasteiger charge is -1.87. The molecule has 0 heterocycles. The average molecular weight is 132 g/mol. The summed E-state index contributed by atoms with van der Waals surface area (Å²) in [6.45, 7) is 0. The molecule has 44 valence electrons. The maximum Gasteiger partial charge on any atom is 0.383 e. The lowest BCUT2D eigenvalue weighted by molar-refractivity contribution is -0.147. The Hall–Kier alpha value is -0.690. The van der Waals surface area contributed by atoms with Crippen LogP contribution < -0.4 is 0 Å². The fourth-order valence-electron chi connectivity index (χ4n) is 0.152. The van der Waals surface area contributed by atoms with E-state index in [9.17, 15) is 9.59 Å². The van der Waals surface area contributed by atoms with Gasteiger partial charge in [0.1, 0.15) is 0 Å². The summed E-state index contributed by atoms with van der Waals surface area (Å²) in [5.41, 5.74) is -0.618. The van der Waals surface area contributed by atoms with Gasteiger partial charge in [-0.15, -0.1) is 0 Å². The van der Waals surface area contributed by atoms with Gasteiger partial charge in [-0.3, -0.25) is 4.79 Å². The Morgan fingerprint density at radius 1 is 1.62 bits per heavy atom. The highest BCUT2D eigenvalue weighted by Crippen LogP contribution is 1.93. The fraction of sp³-hybridized carbons (Fsp3) is 0.250. The summed E-state index contributed by atoms with van der Waals surface area (Å²) in [6, 6.07) is 0. The molecule has 0 aromatic heterocycles. The van der Waals surface area contributed by atoms with Crippen LogP contribution >= 0.6 is 8.20 Å². The molecule has 0 saturated carbocycles. The van der Waals surface area contributed by atoms with Gasteiger partial charge in [0.25, 0.3) is 5.52 Å². The Balaban J connectivity index is 3.82. The molecule has 0 aliphatic rings. The first-order valence-corrected chi connectivity index (χ1v) is 2.89. The third kappa shape index (κ3) is 1.85. The van der Waals surface area contributed by atoms with Crippen LogP contribution in [0, 0.1) is 0 Å². The minimum Gasteiger partial charge on any atom is -0.463 e. The molecule has 0 aliphatic carbocycles. The second-order valence-electron chi connectivity index (χ2n) is 0.955. The second-order valence-corrected chi connectivity index (χ2v) is 1.68. The van der Waals surface area contributed by atoms with E-state index in [2.05, 4.69) is 11.0 Å². The predicted octanol–water partition coefficient (Wildman–Crippen LogP) is 0.0642. The molecule has 0 saturated heterocycles. The van der Waals surface area contributed by atoms with E-state index in [-0.39, 0.29) is 8.20 Å². The zero-order valence-corrected chi connectivity index (χ0v) is 5.27. The van der Waals surface area contributed by atoms with Gasteiger partial charge in [-0.25, -0.2) is 4.79 Å². The van der Waals surface area contributed by atoms with Gasteiger partial charge in [-0.05, 0) is 8.20 Å². The zero-order chi connectivity index (χ0) is 6.57. The van der Waals surface area contributed by atoms with E-state index in [1.54, 1.807) is 0 Å². The zero-order valence-electron chi connectivity index (χ0n) is 4.38. The molecular formula is C4H5O3P. The molecule has 0 N–H and O–H groups in total. The maximum absolute atomic E-state index is 10.2. The highest BCUT2D eigenvalue weighted by atomic mass is 31.1. The molecule has 4 heteroatoms. The molecule has 0 aromatic rings. The van der Waals surface area contributed by atoms with Gasteiger partial charge in [0.2, 0.25) is 0 Å². The Kier molecular flexibility index (Phi) is 3.04. The molecular weight excluding hydrogens is 127 g/mol. The Labute approximate surface area is 48.4 Å². The van der Waals surface area contributed by atoms with Crippen molar-refractivity contribution in [3.8, 4) is 0 Å². The van der Waals surface area contributed by atoms with Gasteiger partial charge in [0.05, 0.1) is 7.11 Å². The first-order chi connectivity index (χ1) is 3.72. The van der Waals surface area contributed by atoms with Gasteiger partial charge >= 0.3 is 5.97 Å². The van der Waals surface area contributed by atoms with E-state index in [1.807, 2.05) is 0 Å². The number of ether oxygens (including phenoxy) is 1. The summed E-state index contributed by atoms with van der Waals surface area (Å²) in [6.07, 6.45) is 3.18. The first-order valence-electron chi connectivity index (χ1n) is 1.81. The van der Waals surface area contributed by atoms with Crippen LogP contribution in [0.25, 0.3) is 0 Å². The quantitative estimate of drug-likeness (QED) is 0.303. The SMILES string of the molecule is C=PC(=O)C(=O)OC. The van der Waals surface area contributed by atoms with Crippen molar-refractivity contribution in [3.63, 3.8) is 0 Å². The topological polar surface area (TPSA) is 43.4 Å². The normalized spacial score (nSPS) is 8.62. The van der Waals surface area contributed by atoms with Crippen LogP contribution in [-0.4, -0.2) is 24.9 Å². The Morgan fingerprint density at radius 3 is 2.25 bits per heavy atom. The summed E-state index contributed by atoms with van der Waals surface area (Å²) in [5.74, 6) is -0.832. The maximum atomic E-state index is 10.2. The molecule has 0 spiro atoms. The third-order valence-electron chi connectivity index (χ3n) is 0.504. The van der Waals surface area contributed by atoms with Gasteiger partial charge in [-0.1, -0.05) is 6.30 Å². The molecule has 8 heavy (non-hydrogen) atoms. The lowest BCUT2D eigenvalue weighted by atomic mass is 10.8.